The third-order valence-electron chi connectivity index (χ3n) is 4.52. The van der Waals surface area contributed by atoms with Gasteiger partial charge in [-0.3, -0.25) is 0 Å². The molecule has 28 heavy (non-hydrogen) atoms. The Hall–Kier alpha value is -2.81. The molecule has 0 unspecified atom stereocenters. The van der Waals surface area contributed by atoms with Crippen molar-refractivity contribution in [2.24, 2.45) is 10.2 Å². The van der Waals surface area contributed by atoms with Crippen LogP contribution >= 0.6 is 0 Å². The highest BCUT2D eigenvalue weighted by atomic mass is 32.2. The van der Waals surface area contributed by atoms with Crippen molar-refractivity contribution in [2.75, 3.05) is 26.3 Å². The molecular formula is C20H19N3O4S. The van der Waals surface area contributed by atoms with E-state index in [9.17, 15) is 13.5 Å². The first-order valence-electron chi connectivity index (χ1n) is 8.85. The lowest BCUT2D eigenvalue weighted by Gasteiger charge is -2.26. The van der Waals surface area contributed by atoms with Crippen LogP contribution < -0.4 is 0 Å². The zero-order valence-corrected chi connectivity index (χ0v) is 15.8. The Morgan fingerprint density at radius 1 is 0.929 bits per heavy atom. The van der Waals surface area contributed by atoms with Gasteiger partial charge in [0.2, 0.25) is 10.0 Å². The molecule has 144 valence electrons. The number of phenols is 1. The third kappa shape index (κ3) is 3.75. The van der Waals surface area contributed by atoms with Crippen LogP contribution in [0.25, 0.3) is 10.8 Å². The summed E-state index contributed by atoms with van der Waals surface area (Å²) < 4.78 is 32.2. The quantitative estimate of drug-likeness (QED) is 0.674. The number of hydrogen-bond acceptors (Lipinski definition) is 6. The Morgan fingerprint density at radius 2 is 1.71 bits per heavy atom. The lowest BCUT2D eigenvalue weighted by molar-refractivity contribution is 0.0730. The molecule has 0 aromatic heterocycles. The molecule has 0 saturated carbocycles. The average Bonchev–Trinajstić information content (AvgIpc) is 2.73. The summed E-state index contributed by atoms with van der Waals surface area (Å²) in [4.78, 5) is 0.173. The fourth-order valence-electron chi connectivity index (χ4n) is 3.11. The van der Waals surface area contributed by atoms with Gasteiger partial charge < -0.3 is 9.84 Å². The van der Waals surface area contributed by atoms with Crippen molar-refractivity contribution < 1.29 is 18.3 Å². The summed E-state index contributed by atoms with van der Waals surface area (Å²) in [5.74, 6) is 0.0938. The Balaban J connectivity index is 1.66. The lowest BCUT2D eigenvalue weighted by Crippen LogP contribution is -2.40. The summed E-state index contributed by atoms with van der Waals surface area (Å²) in [6.07, 6.45) is 0. The van der Waals surface area contributed by atoms with Crippen molar-refractivity contribution in [2.45, 2.75) is 4.90 Å². The van der Waals surface area contributed by atoms with Crippen LogP contribution in [0.5, 0.6) is 5.75 Å². The summed E-state index contributed by atoms with van der Waals surface area (Å²) >= 11 is 0. The molecule has 1 aliphatic heterocycles. The fourth-order valence-corrected chi connectivity index (χ4v) is 4.56. The standard InChI is InChI=1S/C20H19N3O4S/c24-17-12-15-4-1-2-7-19(15)20(14-17)22-21-16-5-3-6-18(13-16)28(25,26)23-8-10-27-11-9-23/h1-7,12-14,24H,8-11H2. The number of nitrogens with zero attached hydrogens (tertiary/aromatic N) is 3. The molecule has 0 atom stereocenters. The second-order valence-corrected chi connectivity index (χ2v) is 8.34. The van der Waals surface area contributed by atoms with Crippen molar-refractivity contribution in [3.8, 4) is 5.75 Å². The first-order valence-corrected chi connectivity index (χ1v) is 10.3. The van der Waals surface area contributed by atoms with Crippen LogP contribution in [0.4, 0.5) is 11.4 Å². The SMILES string of the molecule is O=S(=O)(c1cccc(N=Nc2cc(O)cc3ccccc23)c1)N1CCOCC1. The molecule has 1 N–H and O–H groups in total. The maximum atomic E-state index is 12.8. The molecule has 8 heteroatoms. The molecule has 1 saturated heterocycles. The monoisotopic (exact) mass is 397 g/mol. The Bertz CT molecular complexity index is 1140. The number of morpholine rings is 1. The van der Waals surface area contributed by atoms with Crippen molar-refractivity contribution >= 4 is 32.2 Å². The lowest BCUT2D eigenvalue weighted by atomic mass is 10.1. The van der Waals surface area contributed by atoms with Crippen LogP contribution in [0.2, 0.25) is 0 Å². The number of benzene rings is 3. The van der Waals surface area contributed by atoms with Crippen LogP contribution in [-0.4, -0.2) is 44.1 Å². The third-order valence-corrected chi connectivity index (χ3v) is 6.42. The van der Waals surface area contributed by atoms with Crippen molar-refractivity contribution in [1.29, 1.82) is 0 Å². The molecule has 0 amide bonds. The zero-order valence-electron chi connectivity index (χ0n) is 15.0. The van der Waals surface area contributed by atoms with E-state index in [4.69, 9.17) is 4.74 Å². The van der Waals surface area contributed by atoms with Crippen LogP contribution in [0.15, 0.2) is 75.8 Å². The van der Waals surface area contributed by atoms with Gasteiger partial charge in [-0.2, -0.15) is 9.42 Å². The number of aromatic hydroxyl groups is 1. The van der Waals surface area contributed by atoms with E-state index < -0.39 is 10.0 Å². The van der Waals surface area contributed by atoms with E-state index in [0.717, 1.165) is 10.8 Å². The van der Waals surface area contributed by atoms with E-state index in [1.165, 1.54) is 16.4 Å². The molecule has 0 spiro atoms. The molecule has 4 rings (SSSR count). The molecule has 0 bridgehead atoms. The molecule has 0 radical (unpaired) electrons. The van der Waals surface area contributed by atoms with Crippen molar-refractivity contribution in [1.82, 2.24) is 4.31 Å². The highest BCUT2D eigenvalue weighted by molar-refractivity contribution is 7.89. The van der Waals surface area contributed by atoms with Crippen LogP contribution in [0.3, 0.4) is 0 Å². The van der Waals surface area contributed by atoms with E-state index in [1.54, 1.807) is 24.3 Å². The van der Waals surface area contributed by atoms with E-state index in [2.05, 4.69) is 10.2 Å². The first kappa shape index (κ1) is 18.5. The van der Waals surface area contributed by atoms with Gasteiger partial charge in [0.15, 0.2) is 0 Å². The number of rotatable bonds is 4. The van der Waals surface area contributed by atoms with Gasteiger partial charge in [-0.1, -0.05) is 30.3 Å². The van der Waals surface area contributed by atoms with Crippen LogP contribution in [-0.2, 0) is 14.8 Å². The van der Waals surface area contributed by atoms with E-state index in [-0.39, 0.29) is 10.6 Å². The number of fused-ring (bicyclic) bond motifs is 1. The summed E-state index contributed by atoms with van der Waals surface area (Å²) in [6, 6.07) is 17.1. The number of phenolic OH excluding ortho intramolecular Hbond substituents is 1. The zero-order chi connectivity index (χ0) is 19.6. The summed E-state index contributed by atoms with van der Waals surface area (Å²) in [5.41, 5.74) is 0.929. The number of hydrogen-bond donors (Lipinski definition) is 1. The number of azo groups is 1. The van der Waals surface area contributed by atoms with Gasteiger partial charge in [-0.05, 0) is 29.7 Å². The maximum absolute atomic E-state index is 12.8. The number of ether oxygens (including phenoxy) is 1. The van der Waals surface area contributed by atoms with Gasteiger partial charge in [0.1, 0.15) is 5.75 Å². The highest BCUT2D eigenvalue weighted by Crippen LogP contribution is 2.32. The van der Waals surface area contributed by atoms with Gasteiger partial charge in [-0.25, -0.2) is 8.42 Å². The van der Waals surface area contributed by atoms with E-state index >= 15 is 0 Å². The van der Waals surface area contributed by atoms with Crippen molar-refractivity contribution in [3.63, 3.8) is 0 Å². The van der Waals surface area contributed by atoms with Crippen LogP contribution in [0, 0.1) is 0 Å². The fraction of sp³-hybridized carbons (Fsp3) is 0.200. The number of sulfonamides is 1. The Kier molecular flexibility index (Phi) is 5.08. The highest BCUT2D eigenvalue weighted by Gasteiger charge is 2.26. The van der Waals surface area contributed by atoms with E-state index in [0.29, 0.717) is 37.7 Å². The normalized spacial score (nSPS) is 16.0. The first-order chi connectivity index (χ1) is 13.5. The Labute approximate surface area is 162 Å². The predicted octanol–water partition coefficient (Wildman–Crippen LogP) is 3.98. The largest absolute Gasteiger partial charge is 0.508 e. The molecule has 3 aromatic rings. The topological polar surface area (TPSA) is 91.6 Å². The molecule has 0 aliphatic carbocycles. The molecular weight excluding hydrogens is 378 g/mol. The summed E-state index contributed by atoms with van der Waals surface area (Å²) in [7, 11) is -3.60. The minimum atomic E-state index is -3.60. The van der Waals surface area contributed by atoms with Crippen molar-refractivity contribution in [3.05, 3.63) is 60.7 Å². The minimum Gasteiger partial charge on any atom is -0.508 e. The molecule has 1 aliphatic rings. The van der Waals surface area contributed by atoms with Gasteiger partial charge in [-0.15, -0.1) is 5.11 Å². The smallest absolute Gasteiger partial charge is 0.243 e. The predicted molar refractivity (Wildman–Crippen MR) is 106 cm³/mol. The van der Waals surface area contributed by atoms with Crippen LogP contribution in [0.1, 0.15) is 0 Å². The summed E-state index contributed by atoms with van der Waals surface area (Å²) in [6.45, 7) is 1.46. The second kappa shape index (κ2) is 7.67. The summed E-state index contributed by atoms with van der Waals surface area (Å²) in [5, 5.41) is 20.0. The van der Waals surface area contributed by atoms with Gasteiger partial charge in [0.25, 0.3) is 0 Å². The van der Waals surface area contributed by atoms with Gasteiger partial charge >= 0.3 is 0 Å². The Morgan fingerprint density at radius 3 is 2.54 bits per heavy atom. The molecule has 1 heterocycles. The second-order valence-electron chi connectivity index (χ2n) is 6.40. The maximum Gasteiger partial charge on any atom is 0.243 e. The van der Waals surface area contributed by atoms with E-state index in [1.807, 2.05) is 24.3 Å². The van der Waals surface area contributed by atoms with Gasteiger partial charge in [0, 0.05) is 24.5 Å². The average molecular weight is 397 g/mol. The van der Waals surface area contributed by atoms with Gasteiger partial charge in [0.05, 0.1) is 29.5 Å². The molecule has 3 aromatic carbocycles. The minimum absolute atomic E-state index is 0.0938. The molecule has 1 fully saturated rings. The molecule has 7 nitrogen and oxygen atoms in total.